The number of rotatable bonds is 5. The van der Waals surface area contributed by atoms with Gasteiger partial charge in [0.15, 0.2) is 11.6 Å². The van der Waals surface area contributed by atoms with Crippen molar-refractivity contribution in [3.8, 4) is 5.75 Å². The maximum absolute atomic E-state index is 13.3. The van der Waals surface area contributed by atoms with Crippen molar-refractivity contribution >= 4 is 0 Å². The summed E-state index contributed by atoms with van der Waals surface area (Å²) in [6.07, 6.45) is 1.25. The molecule has 0 aliphatic rings. The van der Waals surface area contributed by atoms with E-state index in [4.69, 9.17) is 10.5 Å². The predicted molar refractivity (Wildman–Crippen MR) is 59.5 cm³/mol. The molecule has 16 heavy (non-hydrogen) atoms. The van der Waals surface area contributed by atoms with Crippen molar-refractivity contribution in [2.45, 2.75) is 32.7 Å². The summed E-state index contributed by atoms with van der Waals surface area (Å²) in [6.45, 7) is 4.09. The third kappa shape index (κ3) is 3.45. The second-order valence-electron chi connectivity index (χ2n) is 3.92. The maximum atomic E-state index is 13.3. The minimum Gasteiger partial charge on any atom is -0.490 e. The molecule has 0 radical (unpaired) electrons. The van der Waals surface area contributed by atoms with E-state index in [1.54, 1.807) is 0 Å². The third-order valence-corrected chi connectivity index (χ3v) is 2.07. The number of hydrogen-bond acceptors (Lipinski definition) is 2. The number of ether oxygens (including phenoxy) is 1. The fourth-order valence-corrected chi connectivity index (χ4v) is 1.42. The SMILES string of the molecule is CCCOc1cc(CC(C)N)cc(F)c1F. The Labute approximate surface area is 94.4 Å². The molecule has 0 bridgehead atoms. The molecule has 1 atom stereocenters. The van der Waals surface area contributed by atoms with Crippen LogP contribution in [0.15, 0.2) is 12.1 Å². The van der Waals surface area contributed by atoms with Gasteiger partial charge in [-0.3, -0.25) is 0 Å². The van der Waals surface area contributed by atoms with Crippen molar-refractivity contribution in [1.29, 1.82) is 0 Å². The molecule has 4 heteroatoms. The molecule has 0 heterocycles. The van der Waals surface area contributed by atoms with E-state index in [0.717, 1.165) is 12.5 Å². The standard InChI is InChI=1S/C12H17F2NO/c1-3-4-16-11-7-9(5-8(2)15)6-10(13)12(11)14/h6-8H,3-5,15H2,1-2H3. The maximum Gasteiger partial charge on any atom is 0.200 e. The summed E-state index contributed by atoms with van der Waals surface area (Å²) in [5.41, 5.74) is 6.26. The van der Waals surface area contributed by atoms with Crippen molar-refractivity contribution in [2.24, 2.45) is 5.73 Å². The summed E-state index contributed by atoms with van der Waals surface area (Å²) in [7, 11) is 0. The van der Waals surface area contributed by atoms with Crippen molar-refractivity contribution in [3.63, 3.8) is 0 Å². The summed E-state index contributed by atoms with van der Waals surface area (Å²) >= 11 is 0. The molecule has 0 saturated heterocycles. The fraction of sp³-hybridized carbons (Fsp3) is 0.500. The molecule has 0 aliphatic carbocycles. The zero-order chi connectivity index (χ0) is 12.1. The number of benzene rings is 1. The molecule has 1 aromatic carbocycles. The van der Waals surface area contributed by atoms with E-state index in [-0.39, 0.29) is 11.8 Å². The average molecular weight is 229 g/mol. The quantitative estimate of drug-likeness (QED) is 0.842. The minimum atomic E-state index is -0.929. The van der Waals surface area contributed by atoms with Crippen molar-refractivity contribution in [2.75, 3.05) is 6.61 Å². The Balaban J connectivity index is 2.92. The third-order valence-electron chi connectivity index (χ3n) is 2.07. The highest BCUT2D eigenvalue weighted by molar-refractivity contribution is 5.32. The highest BCUT2D eigenvalue weighted by Gasteiger charge is 2.12. The average Bonchev–Trinajstić information content (AvgIpc) is 2.20. The Bertz CT molecular complexity index is 353. The van der Waals surface area contributed by atoms with Crippen LogP contribution < -0.4 is 10.5 Å². The molecule has 2 N–H and O–H groups in total. The van der Waals surface area contributed by atoms with Gasteiger partial charge in [-0.2, -0.15) is 4.39 Å². The van der Waals surface area contributed by atoms with Crippen LogP contribution in [-0.4, -0.2) is 12.6 Å². The van der Waals surface area contributed by atoms with Crippen molar-refractivity contribution < 1.29 is 13.5 Å². The second kappa shape index (κ2) is 5.80. The van der Waals surface area contributed by atoms with E-state index in [0.29, 0.717) is 18.6 Å². The van der Waals surface area contributed by atoms with Gasteiger partial charge >= 0.3 is 0 Å². The van der Waals surface area contributed by atoms with Gasteiger partial charge in [0, 0.05) is 6.04 Å². The normalized spacial score (nSPS) is 12.6. The lowest BCUT2D eigenvalue weighted by Gasteiger charge is -2.10. The van der Waals surface area contributed by atoms with Gasteiger partial charge in [0.25, 0.3) is 0 Å². The van der Waals surface area contributed by atoms with Gasteiger partial charge in [-0.05, 0) is 37.5 Å². The highest BCUT2D eigenvalue weighted by atomic mass is 19.2. The molecule has 0 fully saturated rings. The summed E-state index contributed by atoms with van der Waals surface area (Å²) in [5, 5.41) is 0. The lowest BCUT2D eigenvalue weighted by atomic mass is 10.1. The van der Waals surface area contributed by atoms with Crippen LogP contribution in [0.25, 0.3) is 0 Å². The first-order valence-corrected chi connectivity index (χ1v) is 5.41. The van der Waals surface area contributed by atoms with Crippen molar-refractivity contribution in [3.05, 3.63) is 29.3 Å². The zero-order valence-corrected chi connectivity index (χ0v) is 9.59. The number of halogens is 2. The largest absolute Gasteiger partial charge is 0.490 e. The van der Waals surface area contributed by atoms with Gasteiger partial charge < -0.3 is 10.5 Å². The molecule has 90 valence electrons. The zero-order valence-electron chi connectivity index (χ0n) is 9.59. The number of nitrogens with two attached hydrogens (primary N) is 1. The van der Waals surface area contributed by atoms with E-state index in [1.165, 1.54) is 6.07 Å². The van der Waals surface area contributed by atoms with Gasteiger partial charge in [-0.15, -0.1) is 0 Å². The first kappa shape index (κ1) is 12.9. The Morgan fingerprint density at radius 3 is 2.62 bits per heavy atom. The topological polar surface area (TPSA) is 35.2 Å². The van der Waals surface area contributed by atoms with Gasteiger partial charge in [0.1, 0.15) is 0 Å². The van der Waals surface area contributed by atoms with E-state index >= 15 is 0 Å². The monoisotopic (exact) mass is 229 g/mol. The van der Waals surface area contributed by atoms with Crippen LogP contribution >= 0.6 is 0 Å². The molecular weight excluding hydrogens is 212 g/mol. The smallest absolute Gasteiger partial charge is 0.200 e. The molecule has 0 saturated carbocycles. The van der Waals surface area contributed by atoms with Crippen LogP contribution in [0.2, 0.25) is 0 Å². The molecule has 1 rings (SSSR count). The molecular formula is C12H17F2NO. The van der Waals surface area contributed by atoms with E-state index < -0.39 is 11.6 Å². The summed E-state index contributed by atoms with van der Waals surface area (Å²) in [6, 6.07) is 2.58. The Morgan fingerprint density at radius 1 is 1.38 bits per heavy atom. The van der Waals surface area contributed by atoms with Crippen LogP contribution in [0.1, 0.15) is 25.8 Å². The van der Waals surface area contributed by atoms with Crippen LogP contribution in [0.5, 0.6) is 5.75 Å². The fourth-order valence-electron chi connectivity index (χ4n) is 1.42. The predicted octanol–water partition coefficient (Wildman–Crippen LogP) is 2.64. The van der Waals surface area contributed by atoms with E-state index in [9.17, 15) is 8.78 Å². The summed E-state index contributed by atoms with van der Waals surface area (Å²) in [4.78, 5) is 0. The molecule has 1 aromatic rings. The molecule has 0 spiro atoms. The summed E-state index contributed by atoms with van der Waals surface area (Å²) < 4.78 is 31.7. The van der Waals surface area contributed by atoms with Crippen molar-refractivity contribution in [1.82, 2.24) is 0 Å². The number of hydrogen-bond donors (Lipinski definition) is 1. The molecule has 2 nitrogen and oxygen atoms in total. The van der Waals surface area contributed by atoms with Crippen LogP contribution in [0.3, 0.4) is 0 Å². The Hall–Kier alpha value is -1.16. The molecule has 0 amide bonds. The van der Waals surface area contributed by atoms with Gasteiger partial charge in [-0.1, -0.05) is 6.92 Å². The van der Waals surface area contributed by atoms with Gasteiger partial charge in [0.2, 0.25) is 5.82 Å². The van der Waals surface area contributed by atoms with E-state index in [1.807, 2.05) is 13.8 Å². The van der Waals surface area contributed by atoms with Crippen LogP contribution in [0.4, 0.5) is 8.78 Å². The Morgan fingerprint density at radius 2 is 2.06 bits per heavy atom. The molecule has 1 unspecified atom stereocenters. The minimum absolute atomic E-state index is 0.0301. The molecule has 0 aliphatic heterocycles. The van der Waals surface area contributed by atoms with Gasteiger partial charge in [-0.25, -0.2) is 4.39 Å². The highest BCUT2D eigenvalue weighted by Crippen LogP contribution is 2.23. The first-order chi connectivity index (χ1) is 7.54. The first-order valence-electron chi connectivity index (χ1n) is 5.41. The van der Waals surface area contributed by atoms with E-state index in [2.05, 4.69) is 0 Å². The summed E-state index contributed by atoms with van der Waals surface area (Å²) in [5.74, 6) is -1.84. The second-order valence-corrected chi connectivity index (χ2v) is 3.92. The Kier molecular flexibility index (Phi) is 4.68. The van der Waals surface area contributed by atoms with Crippen LogP contribution in [-0.2, 0) is 6.42 Å². The van der Waals surface area contributed by atoms with Gasteiger partial charge in [0.05, 0.1) is 6.61 Å². The van der Waals surface area contributed by atoms with Crippen LogP contribution in [0, 0.1) is 11.6 Å². The lowest BCUT2D eigenvalue weighted by Crippen LogP contribution is -2.18. The lowest BCUT2D eigenvalue weighted by molar-refractivity contribution is 0.294. The molecule has 0 aromatic heterocycles.